The lowest BCUT2D eigenvalue weighted by Crippen LogP contribution is -2.18. The maximum atomic E-state index is 4.23. The number of likely N-dealkylation sites (tertiary alicyclic amines) is 1. The third-order valence-corrected chi connectivity index (χ3v) is 3.15. The van der Waals surface area contributed by atoms with Crippen LogP contribution in [0.25, 0.3) is 5.69 Å². The van der Waals surface area contributed by atoms with Crippen LogP contribution in [0.15, 0.2) is 36.5 Å². The van der Waals surface area contributed by atoms with Crippen LogP contribution in [0.2, 0.25) is 0 Å². The van der Waals surface area contributed by atoms with Gasteiger partial charge in [-0.1, -0.05) is 23.4 Å². The topological polar surface area (TPSA) is 34.0 Å². The minimum absolute atomic E-state index is 0.923. The first kappa shape index (κ1) is 10.5. The molecule has 2 aromatic rings. The van der Waals surface area contributed by atoms with Gasteiger partial charge in [0.05, 0.1) is 17.6 Å². The van der Waals surface area contributed by atoms with Crippen molar-refractivity contribution in [1.29, 1.82) is 0 Å². The molecule has 1 aromatic carbocycles. The molecule has 1 aliphatic heterocycles. The monoisotopic (exact) mass is 228 g/mol. The fraction of sp³-hybridized carbons (Fsp3) is 0.385. The number of aromatic nitrogens is 3. The predicted molar refractivity (Wildman–Crippen MR) is 65.9 cm³/mol. The number of nitrogens with zero attached hydrogens (tertiary/aromatic N) is 4. The molecule has 17 heavy (non-hydrogen) atoms. The second kappa shape index (κ2) is 4.67. The molecule has 1 saturated heterocycles. The number of para-hydroxylation sites is 1. The van der Waals surface area contributed by atoms with Crippen LogP contribution in [0.1, 0.15) is 18.5 Å². The van der Waals surface area contributed by atoms with Crippen LogP contribution in [0.3, 0.4) is 0 Å². The van der Waals surface area contributed by atoms with E-state index in [4.69, 9.17) is 0 Å². The van der Waals surface area contributed by atoms with Gasteiger partial charge in [-0.2, -0.15) is 0 Å². The van der Waals surface area contributed by atoms with Crippen molar-refractivity contribution < 1.29 is 0 Å². The number of rotatable bonds is 3. The zero-order valence-electron chi connectivity index (χ0n) is 9.79. The van der Waals surface area contributed by atoms with Crippen LogP contribution < -0.4 is 0 Å². The van der Waals surface area contributed by atoms with E-state index in [1.165, 1.54) is 25.9 Å². The maximum absolute atomic E-state index is 4.23. The second-order valence-corrected chi connectivity index (χ2v) is 4.47. The van der Waals surface area contributed by atoms with Crippen LogP contribution in [0.4, 0.5) is 0 Å². The zero-order chi connectivity index (χ0) is 11.5. The van der Waals surface area contributed by atoms with Gasteiger partial charge in [-0.15, -0.1) is 5.10 Å². The first-order chi connectivity index (χ1) is 8.42. The lowest BCUT2D eigenvalue weighted by atomic mass is 10.3. The average molecular weight is 228 g/mol. The highest BCUT2D eigenvalue weighted by atomic mass is 15.4. The Morgan fingerprint density at radius 2 is 1.82 bits per heavy atom. The molecule has 1 aliphatic rings. The van der Waals surface area contributed by atoms with E-state index in [0.717, 1.165) is 17.9 Å². The predicted octanol–water partition coefficient (Wildman–Crippen LogP) is 1.86. The molecule has 3 rings (SSSR count). The summed E-state index contributed by atoms with van der Waals surface area (Å²) in [7, 11) is 0. The Balaban J connectivity index is 1.74. The molecule has 88 valence electrons. The first-order valence-electron chi connectivity index (χ1n) is 6.11. The second-order valence-electron chi connectivity index (χ2n) is 4.47. The summed E-state index contributed by atoms with van der Waals surface area (Å²) in [6.45, 7) is 3.31. The molecule has 0 atom stereocenters. The molecule has 0 aliphatic carbocycles. The molecule has 0 amide bonds. The third kappa shape index (κ3) is 2.36. The summed E-state index contributed by atoms with van der Waals surface area (Å²) in [5, 5.41) is 8.40. The van der Waals surface area contributed by atoms with Gasteiger partial charge in [-0.05, 0) is 38.1 Å². The van der Waals surface area contributed by atoms with Crippen LogP contribution in [0.5, 0.6) is 0 Å². The Morgan fingerprint density at radius 3 is 2.59 bits per heavy atom. The zero-order valence-corrected chi connectivity index (χ0v) is 9.79. The minimum Gasteiger partial charge on any atom is -0.297 e. The van der Waals surface area contributed by atoms with E-state index >= 15 is 0 Å². The summed E-state index contributed by atoms with van der Waals surface area (Å²) in [4.78, 5) is 2.43. The Kier molecular flexibility index (Phi) is 2.88. The van der Waals surface area contributed by atoms with Gasteiger partial charge in [0, 0.05) is 6.54 Å². The molecule has 0 saturated carbocycles. The van der Waals surface area contributed by atoms with E-state index in [0.29, 0.717) is 0 Å². The molecule has 0 unspecified atom stereocenters. The normalized spacial score (nSPS) is 16.5. The van der Waals surface area contributed by atoms with Gasteiger partial charge < -0.3 is 0 Å². The molecule has 0 spiro atoms. The largest absolute Gasteiger partial charge is 0.297 e. The van der Waals surface area contributed by atoms with Crippen molar-refractivity contribution in [3.63, 3.8) is 0 Å². The van der Waals surface area contributed by atoms with Gasteiger partial charge in [0.25, 0.3) is 0 Å². The Bertz CT molecular complexity index is 471. The van der Waals surface area contributed by atoms with Crippen molar-refractivity contribution >= 4 is 0 Å². The molecule has 1 aromatic heterocycles. The van der Waals surface area contributed by atoms with Crippen molar-refractivity contribution in [2.24, 2.45) is 0 Å². The number of hydrogen-bond acceptors (Lipinski definition) is 3. The maximum Gasteiger partial charge on any atom is 0.0971 e. The highest BCUT2D eigenvalue weighted by molar-refractivity contribution is 5.29. The molecule has 0 radical (unpaired) electrons. The van der Waals surface area contributed by atoms with Crippen LogP contribution in [-0.4, -0.2) is 33.0 Å². The van der Waals surface area contributed by atoms with Crippen molar-refractivity contribution in [1.82, 2.24) is 19.9 Å². The van der Waals surface area contributed by atoms with Crippen molar-refractivity contribution in [2.75, 3.05) is 13.1 Å². The summed E-state index contributed by atoms with van der Waals surface area (Å²) < 4.78 is 1.84. The quantitative estimate of drug-likeness (QED) is 0.804. The fourth-order valence-corrected chi connectivity index (χ4v) is 2.25. The van der Waals surface area contributed by atoms with Gasteiger partial charge in [0.2, 0.25) is 0 Å². The SMILES string of the molecule is c1ccc(-n2cc(CN3CCCC3)nn2)cc1. The Labute approximate surface area is 101 Å². The van der Waals surface area contributed by atoms with Crippen LogP contribution >= 0.6 is 0 Å². The molecule has 0 bridgehead atoms. The van der Waals surface area contributed by atoms with Crippen molar-refractivity contribution in [3.05, 3.63) is 42.2 Å². The smallest absolute Gasteiger partial charge is 0.0971 e. The molecule has 1 fully saturated rings. The molecule has 0 N–H and O–H groups in total. The molecule has 4 heteroatoms. The molecule has 2 heterocycles. The van der Waals surface area contributed by atoms with E-state index in [1.54, 1.807) is 0 Å². The fourth-order valence-electron chi connectivity index (χ4n) is 2.25. The minimum atomic E-state index is 0.923. The lowest BCUT2D eigenvalue weighted by Gasteiger charge is -2.11. The summed E-state index contributed by atoms with van der Waals surface area (Å²) in [6.07, 6.45) is 4.65. The van der Waals surface area contributed by atoms with Gasteiger partial charge in [0.15, 0.2) is 0 Å². The van der Waals surface area contributed by atoms with Gasteiger partial charge >= 0.3 is 0 Å². The molecule has 4 nitrogen and oxygen atoms in total. The van der Waals surface area contributed by atoms with Crippen molar-refractivity contribution in [2.45, 2.75) is 19.4 Å². The molecular formula is C13H16N4. The van der Waals surface area contributed by atoms with E-state index < -0.39 is 0 Å². The highest BCUT2D eigenvalue weighted by Crippen LogP contribution is 2.12. The molecular weight excluding hydrogens is 212 g/mol. The summed E-state index contributed by atoms with van der Waals surface area (Å²) >= 11 is 0. The Morgan fingerprint density at radius 1 is 1.06 bits per heavy atom. The first-order valence-corrected chi connectivity index (χ1v) is 6.11. The van der Waals surface area contributed by atoms with Crippen molar-refractivity contribution in [3.8, 4) is 5.69 Å². The van der Waals surface area contributed by atoms with Gasteiger partial charge in [0.1, 0.15) is 0 Å². The van der Waals surface area contributed by atoms with E-state index in [9.17, 15) is 0 Å². The van der Waals surface area contributed by atoms with Crippen LogP contribution in [0, 0.1) is 0 Å². The summed E-state index contributed by atoms with van der Waals surface area (Å²) in [5.41, 5.74) is 2.11. The summed E-state index contributed by atoms with van der Waals surface area (Å²) in [5.74, 6) is 0. The van der Waals surface area contributed by atoms with E-state index in [-0.39, 0.29) is 0 Å². The van der Waals surface area contributed by atoms with Crippen LogP contribution in [-0.2, 0) is 6.54 Å². The average Bonchev–Trinajstić information content (AvgIpc) is 3.02. The van der Waals surface area contributed by atoms with Gasteiger partial charge in [-0.3, -0.25) is 4.90 Å². The number of hydrogen-bond donors (Lipinski definition) is 0. The standard InChI is InChI=1S/C13H16N4/c1-2-6-13(7-3-1)17-11-12(14-15-17)10-16-8-4-5-9-16/h1-3,6-7,11H,4-5,8-10H2. The Hall–Kier alpha value is -1.68. The third-order valence-electron chi connectivity index (χ3n) is 3.15. The number of benzene rings is 1. The summed E-state index contributed by atoms with van der Waals surface area (Å²) in [6, 6.07) is 10.1. The van der Waals surface area contributed by atoms with E-state index in [1.807, 2.05) is 41.2 Å². The highest BCUT2D eigenvalue weighted by Gasteiger charge is 2.13. The van der Waals surface area contributed by atoms with E-state index in [2.05, 4.69) is 15.2 Å². The lowest BCUT2D eigenvalue weighted by molar-refractivity contribution is 0.327. The van der Waals surface area contributed by atoms with Gasteiger partial charge in [-0.25, -0.2) is 4.68 Å².